The average molecular weight is 461 g/mol. The molecule has 4 aliphatic rings. The Kier molecular flexibility index (Phi) is 5.12. The zero-order valence-corrected chi connectivity index (χ0v) is 17.7. The lowest BCUT2D eigenvalue weighted by Gasteiger charge is -2.58. The van der Waals surface area contributed by atoms with E-state index in [1.807, 2.05) is 0 Å². The number of benzene rings is 2. The van der Waals surface area contributed by atoms with E-state index in [4.69, 9.17) is 0 Å². The van der Waals surface area contributed by atoms with E-state index in [-0.39, 0.29) is 29.0 Å². The zero-order valence-electron chi connectivity index (χ0n) is 17.7. The SMILES string of the molecule is O=C(c1ccc(C(=O)N[C@H]2C3CC4CC2C[C@](O)(C4)C3)c(C(F)(F)F)c1)c1ccccc1F. The number of aliphatic hydroxyl groups is 1. The molecule has 4 saturated carbocycles. The van der Waals surface area contributed by atoms with Crippen molar-refractivity contribution in [1.82, 2.24) is 5.32 Å². The van der Waals surface area contributed by atoms with Crippen LogP contribution in [-0.4, -0.2) is 28.4 Å². The van der Waals surface area contributed by atoms with Gasteiger partial charge in [0.25, 0.3) is 5.91 Å². The normalized spacial score (nSPS) is 30.3. The Hall–Kier alpha value is -2.74. The molecule has 2 aromatic carbocycles. The molecule has 4 fully saturated rings. The topological polar surface area (TPSA) is 66.4 Å². The van der Waals surface area contributed by atoms with Gasteiger partial charge in [0.05, 0.1) is 22.3 Å². The molecule has 33 heavy (non-hydrogen) atoms. The molecular formula is C25H23F4NO3. The smallest absolute Gasteiger partial charge is 0.390 e. The Morgan fingerprint density at radius 1 is 0.970 bits per heavy atom. The summed E-state index contributed by atoms with van der Waals surface area (Å²) in [5.74, 6) is -2.09. The van der Waals surface area contributed by atoms with Gasteiger partial charge in [0, 0.05) is 11.6 Å². The molecule has 0 heterocycles. The maximum absolute atomic E-state index is 14.0. The molecule has 1 amide bonds. The van der Waals surface area contributed by atoms with Crippen LogP contribution in [0.3, 0.4) is 0 Å². The molecule has 0 aliphatic heterocycles. The predicted octanol–water partition coefficient (Wildman–Crippen LogP) is 4.74. The van der Waals surface area contributed by atoms with E-state index in [1.54, 1.807) is 0 Å². The third-order valence-electron chi connectivity index (χ3n) is 7.49. The first-order chi connectivity index (χ1) is 15.5. The van der Waals surface area contributed by atoms with E-state index in [0.717, 1.165) is 37.5 Å². The lowest BCUT2D eigenvalue weighted by molar-refractivity contribution is -0.138. The van der Waals surface area contributed by atoms with E-state index >= 15 is 0 Å². The van der Waals surface area contributed by atoms with Crippen molar-refractivity contribution in [2.24, 2.45) is 17.8 Å². The Labute approximate surface area is 188 Å². The monoisotopic (exact) mass is 461 g/mol. The maximum Gasteiger partial charge on any atom is 0.417 e. The quantitative estimate of drug-likeness (QED) is 0.511. The highest BCUT2D eigenvalue weighted by Crippen LogP contribution is 2.55. The number of nitrogens with one attached hydrogen (secondary N) is 1. The highest BCUT2D eigenvalue weighted by molar-refractivity contribution is 6.10. The highest BCUT2D eigenvalue weighted by Gasteiger charge is 2.55. The van der Waals surface area contributed by atoms with Crippen molar-refractivity contribution in [3.8, 4) is 0 Å². The van der Waals surface area contributed by atoms with Crippen molar-refractivity contribution in [1.29, 1.82) is 0 Å². The number of carbonyl (C=O) groups is 2. The van der Waals surface area contributed by atoms with Crippen LogP contribution in [0.25, 0.3) is 0 Å². The van der Waals surface area contributed by atoms with Gasteiger partial charge < -0.3 is 10.4 Å². The summed E-state index contributed by atoms with van der Waals surface area (Å²) in [7, 11) is 0. The van der Waals surface area contributed by atoms with Gasteiger partial charge in [0.15, 0.2) is 5.78 Å². The summed E-state index contributed by atoms with van der Waals surface area (Å²) >= 11 is 0. The fourth-order valence-electron chi connectivity index (χ4n) is 6.37. The molecule has 174 valence electrons. The summed E-state index contributed by atoms with van der Waals surface area (Å²) in [5, 5.41) is 13.5. The van der Waals surface area contributed by atoms with Gasteiger partial charge in [-0.3, -0.25) is 9.59 Å². The molecule has 0 aromatic heterocycles. The molecule has 6 rings (SSSR count). The number of rotatable bonds is 4. The van der Waals surface area contributed by atoms with Crippen LogP contribution in [-0.2, 0) is 6.18 Å². The zero-order chi connectivity index (χ0) is 23.5. The minimum Gasteiger partial charge on any atom is -0.390 e. The molecule has 2 N–H and O–H groups in total. The summed E-state index contributed by atoms with van der Waals surface area (Å²) in [6.07, 6.45) is -1.31. The van der Waals surface area contributed by atoms with Crippen molar-refractivity contribution >= 4 is 11.7 Å². The third-order valence-corrected chi connectivity index (χ3v) is 7.49. The van der Waals surface area contributed by atoms with Crippen molar-refractivity contribution in [2.45, 2.75) is 49.9 Å². The lowest BCUT2D eigenvalue weighted by Crippen LogP contribution is -2.61. The van der Waals surface area contributed by atoms with Gasteiger partial charge in [-0.1, -0.05) is 18.2 Å². The number of carbonyl (C=O) groups excluding carboxylic acids is 2. The second-order valence-electron chi connectivity index (χ2n) is 9.76. The molecule has 2 aromatic rings. The van der Waals surface area contributed by atoms with Crippen LogP contribution < -0.4 is 5.32 Å². The van der Waals surface area contributed by atoms with Crippen LogP contribution in [0.5, 0.6) is 0 Å². The van der Waals surface area contributed by atoms with Crippen molar-refractivity contribution in [3.63, 3.8) is 0 Å². The molecule has 2 atom stereocenters. The second kappa shape index (κ2) is 7.65. The van der Waals surface area contributed by atoms with Gasteiger partial charge >= 0.3 is 6.18 Å². The molecule has 8 heteroatoms. The van der Waals surface area contributed by atoms with Gasteiger partial charge in [0.1, 0.15) is 5.82 Å². The van der Waals surface area contributed by atoms with Crippen LogP contribution in [0.1, 0.15) is 63.9 Å². The first kappa shape index (κ1) is 22.1. The third kappa shape index (κ3) is 3.94. The van der Waals surface area contributed by atoms with Crippen molar-refractivity contribution < 1.29 is 32.3 Å². The van der Waals surface area contributed by atoms with Crippen LogP contribution in [0.15, 0.2) is 42.5 Å². The van der Waals surface area contributed by atoms with Crippen LogP contribution in [0.4, 0.5) is 17.6 Å². The van der Waals surface area contributed by atoms with E-state index in [9.17, 15) is 32.3 Å². The fourth-order valence-corrected chi connectivity index (χ4v) is 6.37. The minimum absolute atomic E-state index is 0.0430. The minimum atomic E-state index is -4.88. The first-order valence-corrected chi connectivity index (χ1v) is 11.1. The Bertz CT molecular complexity index is 1110. The van der Waals surface area contributed by atoms with Crippen LogP contribution in [0.2, 0.25) is 0 Å². The van der Waals surface area contributed by atoms with Crippen LogP contribution >= 0.6 is 0 Å². The molecule has 0 spiro atoms. The number of hydrogen-bond donors (Lipinski definition) is 2. The summed E-state index contributed by atoms with van der Waals surface area (Å²) in [6.45, 7) is 0. The van der Waals surface area contributed by atoms with Gasteiger partial charge in [0.2, 0.25) is 0 Å². The van der Waals surface area contributed by atoms with Crippen molar-refractivity contribution in [3.05, 3.63) is 70.5 Å². The largest absolute Gasteiger partial charge is 0.417 e. The standard InChI is InChI=1S/C25H23F4NO3/c26-20-4-2-1-3-18(20)22(31)14-5-6-17(19(9-14)25(27,28)29)23(32)30-21-15-7-13-8-16(21)12-24(33,10-13)11-15/h1-6,9,13,15-16,21,33H,7-8,10-12H2,(H,30,32)/t13?,15?,16?,21-,24-. The Balaban J connectivity index is 1.43. The summed E-state index contributed by atoms with van der Waals surface area (Å²) in [5.41, 5.74) is -3.20. The highest BCUT2D eigenvalue weighted by atomic mass is 19.4. The maximum atomic E-state index is 14.0. The summed E-state index contributed by atoms with van der Waals surface area (Å²) in [6, 6.07) is 7.49. The Morgan fingerprint density at radius 3 is 2.24 bits per heavy atom. The van der Waals surface area contributed by atoms with Gasteiger partial charge in [-0.25, -0.2) is 4.39 Å². The second-order valence-corrected chi connectivity index (χ2v) is 9.76. The number of halogens is 4. The van der Waals surface area contributed by atoms with Crippen molar-refractivity contribution in [2.75, 3.05) is 0 Å². The molecule has 4 bridgehead atoms. The van der Waals surface area contributed by atoms with E-state index in [2.05, 4.69) is 5.32 Å². The molecule has 0 radical (unpaired) electrons. The number of ketones is 1. The first-order valence-electron chi connectivity index (χ1n) is 11.1. The number of alkyl halides is 3. The molecule has 2 unspecified atom stereocenters. The molecule has 0 saturated heterocycles. The van der Waals surface area contributed by atoms with Gasteiger partial charge in [-0.2, -0.15) is 13.2 Å². The van der Waals surface area contributed by atoms with Gasteiger partial charge in [-0.05, 0) is 74.1 Å². The predicted molar refractivity (Wildman–Crippen MR) is 111 cm³/mol. The molecule has 4 nitrogen and oxygen atoms in total. The average Bonchev–Trinajstić information content (AvgIpc) is 2.74. The fraction of sp³-hybridized carbons (Fsp3) is 0.440. The van der Waals surface area contributed by atoms with E-state index < -0.39 is 40.4 Å². The summed E-state index contributed by atoms with van der Waals surface area (Å²) in [4.78, 5) is 25.6. The van der Waals surface area contributed by atoms with Crippen LogP contribution in [0, 0.1) is 23.6 Å². The lowest BCUT2D eigenvalue weighted by atomic mass is 9.52. The molecular weight excluding hydrogens is 438 g/mol. The molecule has 4 aliphatic carbocycles. The van der Waals surface area contributed by atoms with Gasteiger partial charge in [-0.15, -0.1) is 0 Å². The summed E-state index contributed by atoms with van der Waals surface area (Å²) < 4.78 is 55.5. The number of amides is 1. The number of hydrogen-bond acceptors (Lipinski definition) is 3. The van der Waals surface area contributed by atoms with E-state index in [1.165, 1.54) is 18.2 Å². The Morgan fingerprint density at radius 2 is 1.64 bits per heavy atom. The van der Waals surface area contributed by atoms with E-state index in [0.29, 0.717) is 24.8 Å².